The van der Waals surface area contributed by atoms with Gasteiger partial charge in [0.25, 0.3) is 0 Å². The van der Waals surface area contributed by atoms with Crippen molar-refractivity contribution >= 4 is 82.9 Å². The van der Waals surface area contributed by atoms with E-state index in [4.69, 9.17) is 62.8 Å². The van der Waals surface area contributed by atoms with Crippen molar-refractivity contribution in [1.82, 2.24) is 0 Å². The van der Waals surface area contributed by atoms with E-state index in [1.807, 2.05) is 0 Å². The molecular weight excluding hydrogens is 574 g/mol. The monoisotopic (exact) mass is 580 g/mol. The van der Waals surface area contributed by atoms with Gasteiger partial charge in [0.05, 0.1) is 13.2 Å². The minimum Gasteiger partial charge on any atom is -0.759 e. The molecule has 0 saturated heterocycles. The van der Waals surface area contributed by atoms with Crippen molar-refractivity contribution in [3.63, 3.8) is 0 Å². The molecule has 0 aromatic heterocycles. The zero-order valence-corrected chi connectivity index (χ0v) is 18.6. The van der Waals surface area contributed by atoms with Gasteiger partial charge < -0.3 is 37.5 Å². The van der Waals surface area contributed by atoms with E-state index in [-0.39, 0.29) is 64.9 Å². The van der Waals surface area contributed by atoms with Gasteiger partial charge in [-0.2, -0.15) is 0 Å². The van der Waals surface area contributed by atoms with Crippen LogP contribution in [0.4, 0.5) is 0 Å². The molecule has 122 valence electrons. The Morgan fingerprint density at radius 1 is 0.524 bits per heavy atom. The van der Waals surface area contributed by atoms with E-state index < -0.39 is 31.2 Å². The van der Waals surface area contributed by atoms with Gasteiger partial charge in [-0.05, 0) is 0 Å². The van der Waals surface area contributed by atoms with Gasteiger partial charge >= 0.3 is 51.7 Å². The molecule has 0 atom stereocenters. The number of hydrogen-bond acceptors (Lipinski definition) is 14. The van der Waals surface area contributed by atoms with E-state index >= 15 is 0 Å². The molecule has 0 radical (unpaired) electrons. The normalized spacial score (nSPS) is 9.71. The van der Waals surface area contributed by atoms with Crippen molar-refractivity contribution in [3.05, 3.63) is 0 Å². The second kappa shape index (κ2) is 19.3. The van der Waals surface area contributed by atoms with Crippen LogP contribution in [0.15, 0.2) is 0 Å². The third kappa shape index (κ3) is 1530. The van der Waals surface area contributed by atoms with E-state index in [0.29, 0.717) is 0 Å². The number of hydrogen-bond donors (Lipinski definition) is 2. The molecule has 0 aliphatic carbocycles. The van der Waals surface area contributed by atoms with E-state index in [2.05, 4.69) is 0 Å². The molecule has 0 aromatic rings. The first kappa shape index (κ1) is 38.1. The summed E-state index contributed by atoms with van der Waals surface area (Å²) in [5.74, 6) is 0. The van der Waals surface area contributed by atoms with E-state index in [1.165, 1.54) is 0 Å². The predicted octanol–water partition coefficient (Wildman–Crippen LogP) is -5.80. The zero-order valence-electron chi connectivity index (χ0n) is 9.59. The van der Waals surface area contributed by atoms with Crippen LogP contribution in [0.1, 0.15) is 0 Å². The molecule has 0 heterocycles. The molecule has 0 amide bonds. The molecule has 21 heavy (non-hydrogen) atoms. The Kier molecular flexibility index (Phi) is 35.0. The Labute approximate surface area is 157 Å². The van der Waals surface area contributed by atoms with Crippen LogP contribution in [-0.4, -0.2) is 128 Å². The maximum Gasteiger partial charge on any atom is 3.00 e. The fourth-order valence-corrected chi connectivity index (χ4v) is 0. The minimum absolute atomic E-state index is 0. The summed E-state index contributed by atoms with van der Waals surface area (Å²) in [6.07, 6.45) is 0. The molecule has 0 aliphatic rings. The fourth-order valence-electron chi connectivity index (χ4n) is 0. The molecule has 0 aliphatic heterocycles. The molecule has 0 spiro atoms. The second-order valence-electron chi connectivity index (χ2n) is 1.67. The van der Waals surface area contributed by atoms with Gasteiger partial charge in [0.15, 0.2) is 0 Å². The summed E-state index contributed by atoms with van der Waals surface area (Å²) in [6, 6.07) is 0. The van der Waals surface area contributed by atoms with E-state index in [0.717, 1.165) is 0 Å². The molecule has 2 N–H and O–H groups in total. The summed E-state index contributed by atoms with van der Waals surface area (Å²) in [5, 5.41) is 15.2. The Hall–Kier alpha value is 1.27. The standard InChI is InChI=1S/C2H6O2.2In.3H2O4S/c3-1-2-4;;;3*1-5(2,3)4/h3-4H,1-2H2;;;3*(H2,1,2,3,4)/q;2*+3;;;/p-6. The smallest absolute Gasteiger partial charge is 0.759 e. The van der Waals surface area contributed by atoms with Gasteiger partial charge in [-0.25, -0.2) is 0 Å². The first-order valence-corrected chi connectivity index (χ1v) is 7.13. The Morgan fingerprint density at radius 3 is 0.571 bits per heavy atom. The molecule has 19 heteroatoms. The van der Waals surface area contributed by atoms with Crippen molar-refractivity contribution in [2.75, 3.05) is 13.2 Å². The average molecular weight is 580 g/mol. The van der Waals surface area contributed by atoms with Crippen molar-refractivity contribution in [2.24, 2.45) is 0 Å². The second-order valence-corrected chi connectivity index (χ2v) is 4.12. The van der Waals surface area contributed by atoms with Crippen molar-refractivity contribution in [1.29, 1.82) is 0 Å². The summed E-state index contributed by atoms with van der Waals surface area (Å²) in [4.78, 5) is 0. The SMILES string of the molecule is O=S(=O)([O-])[O-].O=S(=O)([O-])[O-].O=S(=O)([O-])[O-].OCCO.[In+3].[In+3]. The van der Waals surface area contributed by atoms with Crippen LogP contribution in [0.2, 0.25) is 0 Å². The van der Waals surface area contributed by atoms with Crippen LogP contribution in [-0.2, 0) is 31.2 Å². The van der Waals surface area contributed by atoms with Crippen LogP contribution >= 0.6 is 0 Å². The molecule has 14 nitrogen and oxygen atoms in total. The maximum atomic E-state index is 8.52. The maximum absolute atomic E-state index is 8.52. The largest absolute Gasteiger partial charge is 3.00 e. The van der Waals surface area contributed by atoms with Crippen LogP contribution < -0.4 is 0 Å². The van der Waals surface area contributed by atoms with Gasteiger partial charge in [-0.1, -0.05) is 0 Å². The van der Waals surface area contributed by atoms with Gasteiger partial charge in [0, 0.05) is 31.2 Å². The first-order valence-electron chi connectivity index (χ1n) is 3.13. The van der Waals surface area contributed by atoms with Gasteiger partial charge in [0.1, 0.15) is 0 Å². The molecule has 0 saturated carbocycles. The molecule has 0 aromatic carbocycles. The summed E-state index contributed by atoms with van der Waals surface area (Å²) in [7, 11) is -15.5. The Morgan fingerprint density at radius 2 is 0.571 bits per heavy atom. The summed E-state index contributed by atoms with van der Waals surface area (Å²) in [6.45, 7) is -0.250. The number of aliphatic hydroxyl groups excluding tert-OH is 2. The van der Waals surface area contributed by atoms with Crippen molar-refractivity contribution < 1.29 is 62.8 Å². The van der Waals surface area contributed by atoms with Crippen molar-refractivity contribution in [2.45, 2.75) is 0 Å². The summed E-state index contributed by atoms with van der Waals surface area (Å²) < 4.78 is 102. The van der Waals surface area contributed by atoms with E-state index in [9.17, 15) is 0 Å². The fraction of sp³-hybridized carbons (Fsp3) is 1.00. The molecule has 0 fully saturated rings. The quantitative estimate of drug-likeness (QED) is 0.216. The van der Waals surface area contributed by atoms with Crippen LogP contribution in [0, 0.1) is 0 Å². The third-order valence-corrected chi connectivity index (χ3v) is 0.1000. The molecule has 0 unspecified atom stereocenters. The molecule has 0 bridgehead atoms. The molecule has 0 rings (SSSR count). The van der Waals surface area contributed by atoms with Crippen LogP contribution in [0.5, 0.6) is 0 Å². The van der Waals surface area contributed by atoms with Crippen LogP contribution in [0.3, 0.4) is 0 Å². The molecular formula is C2H6In2O14S3. The first-order chi connectivity index (χ1) is 7.91. The number of aliphatic hydroxyl groups is 2. The zero-order chi connectivity index (χ0) is 16.9. The minimum atomic E-state index is -5.17. The summed E-state index contributed by atoms with van der Waals surface area (Å²) >= 11 is 0. The topological polar surface area (TPSA) is 281 Å². The van der Waals surface area contributed by atoms with Crippen molar-refractivity contribution in [3.8, 4) is 0 Å². The Balaban J connectivity index is -0.0000000347. The van der Waals surface area contributed by atoms with Gasteiger partial charge in [0.2, 0.25) is 0 Å². The van der Waals surface area contributed by atoms with Gasteiger partial charge in [-0.3, -0.25) is 25.3 Å². The summed E-state index contributed by atoms with van der Waals surface area (Å²) in [5.41, 5.74) is 0. The Bertz CT molecular complexity index is 377. The van der Waals surface area contributed by atoms with Crippen LogP contribution in [0.25, 0.3) is 0 Å². The predicted molar refractivity (Wildman–Crippen MR) is 57.1 cm³/mol. The average Bonchev–Trinajstić information content (AvgIpc) is 1.93. The number of rotatable bonds is 1. The van der Waals surface area contributed by atoms with Gasteiger partial charge in [-0.15, -0.1) is 0 Å². The van der Waals surface area contributed by atoms with E-state index in [1.54, 1.807) is 0 Å². The third-order valence-electron chi connectivity index (χ3n) is 0.1000.